The van der Waals surface area contributed by atoms with Gasteiger partial charge in [0.25, 0.3) is 5.91 Å². The van der Waals surface area contributed by atoms with Crippen molar-refractivity contribution in [3.63, 3.8) is 0 Å². The molecule has 1 N–H and O–H groups in total. The zero-order valence-corrected chi connectivity index (χ0v) is 12.5. The number of para-hydroxylation sites is 1. The lowest BCUT2D eigenvalue weighted by atomic mass is 10.2. The van der Waals surface area contributed by atoms with Crippen molar-refractivity contribution >= 4 is 40.3 Å². The van der Waals surface area contributed by atoms with Crippen LogP contribution in [-0.4, -0.2) is 20.2 Å². The number of phenolic OH excluding ortho intramolecular Hbond substituents is 1. The fourth-order valence-electron chi connectivity index (χ4n) is 1.95. The van der Waals surface area contributed by atoms with Crippen molar-refractivity contribution in [3.05, 3.63) is 58.9 Å². The molecule has 0 bridgehead atoms. The predicted octanol–water partition coefficient (Wildman–Crippen LogP) is 3.39. The molecule has 0 atom stereocenters. The van der Waals surface area contributed by atoms with Gasteiger partial charge in [-0.3, -0.25) is 9.69 Å². The van der Waals surface area contributed by atoms with Crippen LogP contribution in [0.2, 0.25) is 0 Å². The highest BCUT2D eigenvalue weighted by Gasteiger charge is 2.32. The number of aromatic hydroxyl groups is 1. The number of rotatable bonds is 3. The molecule has 2 heterocycles. The summed E-state index contributed by atoms with van der Waals surface area (Å²) in [4.78, 5) is 14.4. The van der Waals surface area contributed by atoms with Crippen molar-refractivity contribution in [2.24, 2.45) is 0 Å². The van der Waals surface area contributed by atoms with Gasteiger partial charge in [0.15, 0.2) is 0 Å². The fraction of sp³-hybridized carbons (Fsp3) is 0.0667. The predicted molar refractivity (Wildman–Crippen MR) is 85.5 cm³/mol. The molecular weight excluding hydrogens is 306 g/mol. The highest BCUT2D eigenvalue weighted by molar-refractivity contribution is 8.26. The lowest BCUT2D eigenvalue weighted by Gasteiger charge is -2.11. The topological polar surface area (TPSA) is 53.7 Å². The summed E-state index contributed by atoms with van der Waals surface area (Å²) in [5, 5.41) is 9.77. The van der Waals surface area contributed by atoms with Gasteiger partial charge in [-0.25, -0.2) is 0 Å². The number of furan rings is 1. The van der Waals surface area contributed by atoms with Crippen molar-refractivity contribution < 1.29 is 14.3 Å². The molecule has 0 radical (unpaired) electrons. The lowest BCUT2D eigenvalue weighted by Crippen LogP contribution is -2.27. The van der Waals surface area contributed by atoms with Gasteiger partial charge in [0, 0.05) is 5.56 Å². The smallest absolute Gasteiger partial charge is 0.266 e. The second kappa shape index (κ2) is 5.75. The average Bonchev–Trinajstić information content (AvgIpc) is 3.06. The van der Waals surface area contributed by atoms with E-state index in [9.17, 15) is 9.90 Å². The number of thioether (sulfide) groups is 1. The van der Waals surface area contributed by atoms with Crippen LogP contribution in [0, 0.1) is 0 Å². The van der Waals surface area contributed by atoms with E-state index in [1.54, 1.807) is 48.7 Å². The first-order valence-electron chi connectivity index (χ1n) is 6.21. The van der Waals surface area contributed by atoms with Crippen LogP contribution in [0.25, 0.3) is 6.08 Å². The number of thiocarbonyl (C=S) groups is 1. The number of benzene rings is 1. The van der Waals surface area contributed by atoms with Gasteiger partial charge in [0.1, 0.15) is 15.8 Å². The largest absolute Gasteiger partial charge is 0.507 e. The van der Waals surface area contributed by atoms with Crippen LogP contribution >= 0.6 is 24.0 Å². The Morgan fingerprint density at radius 3 is 2.81 bits per heavy atom. The van der Waals surface area contributed by atoms with Crippen LogP contribution in [0.3, 0.4) is 0 Å². The molecular formula is C15H11NO3S2. The summed E-state index contributed by atoms with van der Waals surface area (Å²) in [5.41, 5.74) is 0.594. The molecule has 1 aliphatic rings. The Morgan fingerprint density at radius 1 is 1.29 bits per heavy atom. The number of carbonyl (C=O) groups excluding carboxylic acids is 1. The molecule has 1 aromatic carbocycles. The van der Waals surface area contributed by atoms with Gasteiger partial charge in [-0.15, -0.1) is 0 Å². The van der Waals surface area contributed by atoms with Crippen molar-refractivity contribution in [1.29, 1.82) is 0 Å². The molecule has 0 spiro atoms. The van der Waals surface area contributed by atoms with E-state index in [0.29, 0.717) is 27.1 Å². The first kappa shape index (κ1) is 13.9. The Balaban J connectivity index is 1.85. The van der Waals surface area contributed by atoms with Gasteiger partial charge in [-0.2, -0.15) is 0 Å². The van der Waals surface area contributed by atoms with Crippen molar-refractivity contribution in [2.45, 2.75) is 6.54 Å². The van der Waals surface area contributed by atoms with Gasteiger partial charge in [0.2, 0.25) is 0 Å². The van der Waals surface area contributed by atoms with Crippen LogP contribution < -0.4 is 0 Å². The van der Waals surface area contributed by atoms with Crippen LogP contribution in [0.15, 0.2) is 52.0 Å². The highest BCUT2D eigenvalue weighted by Crippen LogP contribution is 2.34. The van der Waals surface area contributed by atoms with E-state index >= 15 is 0 Å². The maximum Gasteiger partial charge on any atom is 0.266 e. The third kappa shape index (κ3) is 2.86. The van der Waals surface area contributed by atoms with Crippen LogP contribution in [-0.2, 0) is 11.3 Å². The molecule has 1 saturated heterocycles. The number of phenols is 1. The molecule has 21 heavy (non-hydrogen) atoms. The summed E-state index contributed by atoms with van der Waals surface area (Å²) in [5.74, 6) is 0.633. The van der Waals surface area contributed by atoms with Crippen molar-refractivity contribution in [1.82, 2.24) is 4.90 Å². The van der Waals surface area contributed by atoms with Crippen molar-refractivity contribution in [3.8, 4) is 5.75 Å². The van der Waals surface area contributed by atoms with Crippen LogP contribution in [0.1, 0.15) is 11.3 Å². The second-order valence-corrected chi connectivity index (χ2v) is 6.08. The van der Waals surface area contributed by atoms with E-state index in [0.717, 1.165) is 0 Å². The summed E-state index contributed by atoms with van der Waals surface area (Å²) in [7, 11) is 0. The molecule has 4 nitrogen and oxygen atoms in total. The Bertz CT molecular complexity index is 722. The molecule has 106 valence electrons. The summed E-state index contributed by atoms with van der Waals surface area (Å²) >= 11 is 6.46. The molecule has 6 heteroatoms. The molecule has 3 rings (SSSR count). The van der Waals surface area contributed by atoms with E-state index in [-0.39, 0.29) is 11.7 Å². The van der Waals surface area contributed by atoms with Gasteiger partial charge >= 0.3 is 0 Å². The minimum atomic E-state index is -0.176. The fourth-order valence-corrected chi connectivity index (χ4v) is 3.19. The minimum absolute atomic E-state index is 0.133. The molecule has 1 aromatic heterocycles. The summed E-state index contributed by atoms with van der Waals surface area (Å²) in [6, 6.07) is 10.4. The Kier molecular flexibility index (Phi) is 3.81. The number of carbonyl (C=O) groups is 1. The zero-order chi connectivity index (χ0) is 14.8. The van der Waals surface area contributed by atoms with Gasteiger partial charge in [-0.1, -0.05) is 42.2 Å². The van der Waals surface area contributed by atoms with E-state index in [1.165, 1.54) is 16.7 Å². The monoisotopic (exact) mass is 317 g/mol. The first-order valence-corrected chi connectivity index (χ1v) is 7.43. The maximum atomic E-state index is 12.4. The molecule has 1 amide bonds. The normalized spacial score (nSPS) is 17.0. The molecule has 1 aliphatic heterocycles. The quantitative estimate of drug-likeness (QED) is 0.695. The average molecular weight is 317 g/mol. The minimum Gasteiger partial charge on any atom is -0.507 e. The number of hydrogen-bond acceptors (Lipinski definition) is 5. The van der Waals surface area contributed by atoms with Gasteiger partial charge < -0.3 is 9.52 Å². The SMILES string of the molecule is O=C1C(=Cc2ccccc2O)SC(=S)N1Cc1ccco1. The molecule has 0 saturated carbocycles. The third-order valence-electron chi connectivity index (χ3n) is 2.99. The summed E-state index contributed by atoms with van der Waals surface area (Å²) in [6.07, 6.45) is 3.21. The van der Waals surface area contributed by atoms with Crippen LogP contribution in [0.5, 0.6) is 5.75 Å². The highest BCUT2D eigenvalue weighted by atomic mass is 32.2. The Hall–Kier alpha value is -2.05. The molecule has 2 aromatic rings. The third-order valence-corrected chi connectivity index (χ3v) is 4.37. The van der Waals surface area contributed by atoms with Gasteiger partial charge in [0.05, 0.1) is 17.7 Å². The first-order chi connectivity index (χ1) is 10.1. The number of nitrogens with zero attached hydrogens (tertiary/aromatic N) is 1. The maximum absolute atomic E-state index is 12.4. The van der Waals surface area contributed by atoms with Gasteiger partial charge in [-0.05, 0) is 24.3 Å². The lowest BCUT2D eigenvalue weighted by molar-refractivity contribution is -0.122. The summed E-state index contributed by atoms with van der Waals surface area (Å²) in [6.45, 7) is 0.315. The summed E-state index contributed by atoms with van der Waals surface area (Å²) < 4.78 is 5.73. The van der Waals surface area contributed by atoms with Crippen molar-refractivity contribution in [2.75, 3.05) is 0 Å². The Labute approximate surface area is 131 Å². The zero-order valence-electron chi connectivity index (χ0n) is 10.9. The Morgan fingerprint density at radius 2 is 2.10 bits per heavy atom. The number of hydrogen-bond donors (Lipinski definition) is 1. The molecule has 0 aliphatic carbocycles. The molecule has 0 unspecified atom stereocenters. The van der Waals surface area contributed by atoms with E-state index in [2.05, 4.69) is 0 Å². The van der Waals surface area contributed by atoms with Crippen LogP contribution in [0.4, 0.5) is 0 Å². The van der Waals surface area contributed by atoms with E-state index < -0.39 is 0 Å². The van der Waals surface area contributed by atoms with E-state index in [4.69, 9.17) is 16.6 Å². The number of amides is 1. The second-order valence-electron chi connectivity index (χ2n) is 4.41. The van der Waals surface area contributed by atoms with E-state index in [1.807, 2.05) is 0 Å². The standard InChI is InChI=1S/C15H11NO3S2/c17-12-6-2-1-4-10(12)8-13-14(18)16(15(20)21-13)9-11-5-3-7-19-11/h1-8,17H,9H2. The molecule has 1 fully saturated rings.